The molecule has 4 heteroatoms. The lowest BCUT2D eigenvalue weighted by molar-refractivity contribution is -0.141. The number of aliphatic carboxylic acids is 1. The van der Waals surface area contributed by atoms with Crippen molar-refractivity contribution >= 4 is 11.9 Å². The number of carboxylic acid groups (broad SMARTS) is 1. The SMILES string of the molecule is CCCCC#CC#CCCCCCCCCC(=O)N[C@H](C)C(=O)O. The summed E-state index contributed by atoms with van der Waals surface area (Å²) >= 11 is 0. The van der Waals surface area contributed by atoms with E-state index in [1.165, 1.54) is 13.3 Å². The molecule has 24 heavy (non-hydrogen) atoms. The molecule has 0 saturated heterocycles. The Morgan fingerprint density at radius 2 is 1.46 bits per heavy atom. The fourth-order valence-electron chi connectivity index (χ4n) is 2.06. The topological polar surface area (TPSA) is 66.4 Å². The Morgan fingerprint density at radius 1 is 0.917 bits per heavy atom. The number of amides is 1. The molecule has 0 rings (SSSR count). The first-order chi connectivity index (χ1) is 11.6. The highest BCUT2D eigenvalue weighted by molar-refractivity contribution is 5.83. The zero-order chi connectivity index (χ0) is 18.0. The summed E-state index contributed by atoms with van der Waals surface area (Å²) in [6, 6.07) is -0.810. The van der Waals surface area contributed by atoms with E-state index in [0.717, 1.165) is 57.8 Å². The molecule has 0 aliphatic carbocycles. The van der Waals surface area contributed by atoms with Gasteiger partial charge in [-0.2, -0.15) is 0 Å². The van der Waals surface area contributed by atoms with Crippen LogP contribution in [0.15, 0.2) is 0 Å². The van der Waals surface area contributed by atoms with Gasteiger partial charge in [-0.05, 0) is 38.0 Å². The molecule has 0 fully saturated rings. The van der Waals surface area contributed by atoms with Crippen LogP contribution in [-0.2, 0) is 9.59 Å². The van der Waals surface area contributed by atoms with Crippen LogP contribution in [0.4, 0.5) is 0 Å². The fourth-order valence-corrected chi connectivity index (χ4v) is 2.06. The predicted molar refractivity (Wildman–Crippen MR) is 97.3 cm³/mol. The van der Waals surface area contributed by atoms with Gasteiger partial charge in [-0.3, -0.25) is 9.59 Å². The van der Waals surface area contributed by atoms with E-state index in [1.54, 1.807) is 0 Å². The van der Waals surface area contributed by atoms with Gasteiger partial charge in [0.05, 0.1) is 0 Å². The summed E-state index contributed by atoms with van der Waals surface area (Å²) in [5.41, 5.74) is 0. The third kappa shape index (κ3) is 15.0. The number of nitrogens with one attached hydrogen (secondary N) is 1. The van der Waals surface area contributed by atoms with Crippen LogP contribution in [0.2, 0.25) is 0 Å². The second-order valence-electron chi connectivity index (χ2n) is 5.96. The number of carboxylic acids is 1. The van der Waals surface area contributed by atoms with Crippen molar-refractivity contribution in [2.24, 2.45) is 0 Å². The molecule has 0 spiro atoms. The van der Waals surface area contributed by atoms with E-state index in [2.05, 4.69) is 35.9 Å². The molecule has 0 bridgehead atoms. The van der Waals surface area contributed by atoms with Crippen LogP contribution < -0.4 is 5.32 Å². The van der Waals surface area contributed by atoms with E-state index in [-0.39, 0.29) is 5.91 Å². The van der Waals surface area contributed by atoms with Crippen molar-refractivity contribution in [2.75, 3.05) is 0 Å². The van der Waals surface area contributed by atoms with Crippen LogP contribution in [0.25, 0.3) is 0 Å². The highest BCUT2D eigenvalue weighted by atomic mass is 16.4. The van der Waals surface area contributed by atoms with Crippen LogP contribution in [0.5, 0.6) is 0 Å². The molecule has 1 amide bonds. The molecular weight excluding hydrogens is 302 g/mol. The van der Waals surface area contributed by atoms with Gasteiger partial charge in [-0.15, -0.1) is 0 Å². The highest BCUT2D eigenvalue weighted by Gasteiger charge is 2.12. The molecule has 0 aromatic heterocycles. The first-order valence-corrected chi connectivity index (χ1v) is 9.05. The van der Waals surface area contributed by atoms with Gasteiger partial charge in [0.2, 0.25) is 5.91 Å². The summed E-state index contributed by atoms with van der Waals surface area (Å²) in [6.07, 6.45) is 10.9. The van der Waals surface area contributed by atoms with Gasteiger partial charge in [0.1, 0.15) is 6.04 Å². The summed E-state index contributed by atoms with van der Waals surface area (Å²) in [4.78, 5) is 22.1. The molecule has 0 aromatic carbocycles. The van der Waals surface area contributed by atoms with Crippen molar-refractivity contribution in [1.82, 2.24) is 5.32 Å². The monoisotopic (exact) mass is 333 g/mol. The molecule has 0 aromatic rings. The lowest BCUT2D eigenvalue weighted by atomic mass is 10.1. The van der Waals surface area contributed by atoms with Gasteiger partial charge in [0, 0.05) is 19.3 Å². The Bertz CT molecular complexity index is 477. The maximum absolute atomic E-state index is 11.5. The molecular formula is C20H31NO3. The van der Waals surface area contributed by atoms with Gasteiger partial charge in [-0.1, -0.05) is 50.9 Å². The molecule has 0 unspecified atom stereocenters. The zero-order valence-electron chi connectivity index (χ0n) is 15.1. The second-order valence-corrected chi connectivity index (χ2v) is 5.96. The molecule has 1 atom stereocenters. The number of carbonyl (C=O) groups excluding carboxylic acids is 1. The Balaban J connectivity index is 3.42. The Hall–Kier alpha value is -1.94. The lowest BCUT2D eigenvalue weighted by Gasteiger charge is -2.08. The van der Waals surface area contributed by atoms with Gasteiger partial charge in [0.15, 0.2) is 0 Å². The molecule has 0 aliphatic heterocycles. The van der Waals surface area contributed by atoms with Crippen molar-refractivity contribution < 1.29 is 14.7 Å². The molecule has 0 aliphatic rings. The first kappa shape index (κ1) is 22.1. The van der Waals surface area contributed by atoms with Crippen molar-refractivity contribution in [3.8, 4) is 23.7 Å². The second kappa shape index (κ2) is 15.9. The standard InChI is InChI=1S/C20H31NO3/c1-3-4-5-6-7-8-9-10-11-12-13-14-15-16-17-19(22)21-18(2)20(23)24/h18H,3-5,10-17H2,1-2H3,(H,21,22)(H,23,24)/t18-/m1/s1. The van der Waals surface area contributed by atoms with Crippen molar-refractivity contribution in [2.45, 2.75) is 90.5 Å². The largest absolute Gasteiger partial charge is 0.480 e. The predicted octanol–water partition coefficient (Wildman–Crippen LogP) is 3.89. The number of rotatable bonds is 12. The average Bonchev–Trinajstić information content (AvgIpc) is 2.55. The Labute approximate surface area is 146 Å². The van der Waals surface area contributed by atoms with Gasteiger partial charge < -0.3 is 10.4 Å². The van der Waals surface area contributed by atoms with Crippen LogP contribution in [0.1, 0.15) is 84.5 Å². The summed E-state index contributed by atoms with van der Waals surface area (Å²) in [6.45, 7) is 3.63. The lowest BCUT2D eigenvalue weighted by Crippen LogP contribution is -2.38. The summed E-state index contributed by atoms with van der Waals surface area (Å²) in [5, 5.41) is 11.2. The molecule has 4 nitrogen and oxygen atoms in total. The Morgan fingerprint density at radius 3 is 2.04 bits per heavy atom. The highest BCUT2D eigenvalue weighted by Crippen LogP contribution is 2.08. The van der Waals surface area contributed by atoms with Gasteiger partial charge in [-0.25, -0.2) is 0 Å². The minimum atomic E-state index is -1.00. The van der Waals surface area contributed by atoms with Crippen LogP contribution >= 0.6 is 0 Å². The van der Waals surface area contributed by atoms with E-state index in [9.17, 15) is 9.59 Å². The van der Waals surface area contributed by atoms with Crippen molar-refractivity contribution in [1.29, 1.82) is 0 Å². The third-order valence-corrected chi connectivity index (χ3v) is 3.60. The van der Waals surface area contributed by atoms with Crippen LogP contribution in [0.3, 0.4) is 0 Å². The maximum Gasteiger partial charge on any atom is 0.325 e. The summed E-state index contributed by atoms with van der Waals surface area (Å²) < 4.78 is 0. The van der Waals surface area contributed by atoms with Gasteiger partial charge >= 0.3 is 5.97 Å². The quantitative estimate of drug-likeness (QED) is 0.420. The van der Waals surface area contributed by atoms with Crippen LogP contribution in [-0.4, -0.2) is 23.0 Å². The molecule has 0 heterocycles. The molecule has 134 valence electrons. The van der Waals surface area contributed by atoms with E-state index in [0.29, 0.717) is 6.42 Å². The summed E-state index contributed by atoms with van der Waals surface area (Å²) in [5.74, 6) is 10.7. The fraction of sp³-hybridized carbons (Fsp3) is 0.700. The third-order valence-electron chi connectivity index (χ3n) is 3.60. The van der Waals surface area contributed by atoms with Crippen LogP contribution in [0, 0.1) is 23.7 Å². The van der Waals surface area contributed by atoms with E-state index in [4.69, 9.17) is 5.11 Å². The van der Waals surface area contributed by atoms with E-state index in [1.807, 2.05) is 0 Å². The molecule has 0 saturated carbocycles. The average molecular weight is 333 g/mol. The summed E-state index contributed by atoms with van der Waals surface area (Å²) in [7, 11) is 0. The number of carbonyl (C=O) groups is 2. The molecule has 0 radical (unpaired) electrons. The number of unbranched alkanes of at least 4 members (excludes halogenated alkanes) is 8. The molecule has 2 N–H and O–H groups in total. The minimum Gasteiger partial charge on any atom is -0.480 e. The first-order valence-electron chi connectivity index (χ1n) is 9.05. The zero-order valence-corrected chi connectivity index (χ0v) is 15.1. The maximum atomic E-state index is 11.5. The normalized spacial score (nSPS) is 10.8. The van der Waals surface area contributed by atoms with Crippen molar-refractivity contribution in [3.05, 3.63) is 0 Å². The Kier molecular flexibility index (Phi) is 14.6. The van der Waals surface area contributed by atoms with Crippen molar-refractivity contribution in [3.63, 3.8) is 0 Å². The minimum absolute atomic E-state index is 0.180. The van der Waals surface area contributed by atoms with E-state index < -0.39 is 12.0 Å². The number of hydrogen-bond donors (Lipinski definition) is 2. The number of hydrogen-bond acceptors (Lipinski definition) is 2. The smallest absolute Gasteiger partial charge is 0.325 e. The van der Waals surface area contributed by atoms with Gasteiger partial charge in [0.25, 0.3) is 0 Å². The van der Waals surface area contributed by atoms with E-state index >= 15 is 0 Å².